The number of rotatable bonds is 6. The molecule has 6 heteroatoms. The van der Waals surface area contributed by atoms with E-state index in [1.54, 1.807) is 0 Å². The Kier molecular flexibility index (Phi) is 4.68. The predicted octanol–water partition coefficient (Wildman–Crippen LogP) is 3.13. The molecular formula is C22H33N5O. The maximum Gasteiger partial charge on any atom is 0.226 e. The number of carbonyl (C=O) groups is 1. The van der Waals surface area contributed by atoms with E-state index in [2.05, 4.69) is 31.6 Å². The number of hydrogen-bond acceptors (Lipinski definition) is 5. The van der Waals surface area contributed by atoms with E-state index in [1.807, 2.05) is 6.92 Å². The van der Waals surface area contributed by atoms with Crippen molar-refractivity contribution in [1.82, 2.24) is 15.3 Å². The maximum atomic E-state index is 13.0. The monoisotopic (exact) mass is 383 g/mol. The molecule has 5 aliphatic rings. The van der Waals surface area contributed by atoms with Crippen LogP contribution in [0.1, 0.15) is 57.1 Å². The second kappa shape index (κ2) is 7.20. The van der Waals surface area contributed by atoms with Crippen molar-refractivity contribution in [3.05, 3.63) is 11.8 Å². The van der Waals surface area contributed by atoms with E-state index in [0.29, 0.717) is 24.9 Å². The van der Waals surface area contributed by atoms with Gasteiger partial charge in [0.1, 0.15) is 5.82 Å². The molecule has 4 bridgehead atoms. The zero-order valence-electron chi connectivity index (χ0n) is 17.0. The Morgan fingerprint density at radius 3 is 2.36 bits per heavy atom. The Labute approximate surface area is 167 Å². The predicted molar refractivity (Wildman–Crippen MR) is 110 cm³/mol. The van der Waals surface area contributed by atoms with Crippen LogP contribution < -0.4 is 15.5 Å². The molecule has 1 saturated heterocycles. The van der Waals surface area contributed by atoms with Crippen LogP contribution in [-0.2, 0) is 4.79 Å². The van der Waals surface area contributed by atoms with Crippen LogP contribution in [0.25, 0.3) is 0 Å². The maximum absolute atomic E-state index is 13.0. The van der Waals surface area contributed by atoms with E-state index in [0.717, 1.165) is 61.6 Å². The Morgan fingerprint density at radius 1 is 1.07 bits per heavy atom. The van der Waals surface area contributed by atoms with Gasteiger partial charge in [0, 0.05) is 43.4 Å². The topological polar surface area (TPSA) is 70.2 Å². The van der Waals surface area contributed by atoms with Crippen LogP contribution in [0.15, 0.2) is 6.07 Å². The molecule has 1 aromatic rings. The number of nitrogens with zero attached hydrogens (tertiary/aromatic N) is 3. The van der Waals surface area contributed by atoms with Crippen molar-refractivity contribution in [1.29, 1.82) is 0 Å². The Hall–Kier alpha value is -1.85. The van der Waals surface area contributed by atoms with E-state index in [4.69, 9.17) is 0 Å². The molecule has 1 aromatic heterocycles. The van der Waals surface area contributed by atoms with Crippen molar-refractivity contribution in [3.63, 3.8) is 0 Å². The summed E-state index contributed by atoms with van der Waals surface area (Å²) in [5, 5.41) is 6.54. The van der Waals surface area contributed by atoms with E-state index >= 15 is 0 Å². The van der Waals surface area contributed by atoms with Gasteiger partial charge in [-0.1, -0.05) is 0 Å². The molecule has 1 amide bonds. The zero-order valence-corrected chi connectivity index (χ0v) is 17.0. The summed E-state index contributed by atoms with van der Waals surface area (Å²) in [6.45, 7) is 5.48. The standard InChI is InChI=1S/C22H33N5O/c1-15-8-19(27-6-2-3-7-27)26-21(25-15)24-5-4-23-20(28)22-12-16-9-17(13-22)11-18(10-16)14-22/h8,16-18H,2-7,9-14H2,1H3,(H,23,28)(H,24,25,26). The molecule has 0 spiro atoms. The minimum atomic E-state index is -0.0580. The van der Waals surface area contributed by atoms with E-state index < -0.39 is 0 Å². The quantitative estimate of drug-likeness (QED) is 0.739. The van der Waals surface area contributed by atoms with Crippen LogP contribution in [0.2, 0.25) is 0 Å². The van der Waals surface area contributed by atoms with Crippen molar-refractivity contribution in [2.24, 2.45) is 23.2 Å². The lowest BCUT2D eigenvalue weighted by molar-refractivity contribution is -0.146. The fraction of sp³-hybridized carbons (Fsp3) is 0.773. The lowest BCUT2D eigenvalue weighted by Crippen LogP contribution is -2.54. The Balaban J connectivity index is 1.14. The number of hydrogen-bond donors (Lipinski definition) is 2. The third-order valence-electron chi connectivity index (χ3n) is 7.48. The number of aromatic nitrogens is 2. The van der Waals surface area contributed by atoms with E-state index in [-0.39, 0.29) is 5.41 Å². The highest BCUT2D eigenvalue weighted by atomic mass is 16.2. The van der Waals surface area contributed by atoms with Gasteiger partial charge in [-0.3, -0.25) is 4.79 Å². The van der Waals surface area contributed by atoms with Gasteiger partial charge in [0.15, 0.2) is 0 Å². The van der Waals surface area contributed by atoms with Gasteiger partial charge in [-0.25, -0.2) is 4.98 Å². The summed E-state index contributed by atoms with van der Waals surface area (Å²) in [5.41, 5.74) is 0.925. The fourth-order valence-corrected chi connectivity index (χ4v) is 6.67. The first-order chi connectivity index (χ1) is 13.6. The highest BCUT2D eigenvalue weighted by Gasteiger charge is 2.54. The van der Waals surface area contributed by atoms with Crippen LogP contribution in [0.3, 0.4) is 0 Å². The van der Waals surface area contributed by atoms with Crippen LogP contribution in [0.5, 0.6) is 0 Å². The lowest BCUT2D eigenvalue weighted by atomic mass is 9.49. The first kappa shape index (κ1) is 18.2. The van der Waals surface area contributed by atoms with Gasteiger partial charge in [0.2, 0.25) is 11.9 Å². The fourth-order valence-electron chi connectivity index (χ4n) is 6.67. The molecule has 5 fully saturated rings. The average molecular weight is 384 g/mol. The van der Waals surface area contributed by atoms with Gasteiger partial charge < -0.3 is 15.5 Å². The summed E-state index contributed by atoms with van der Waals surface area (Å²) in [7, 11) is 0. The van der Waals surface area contributed by atoms with E-state index in [1.165, 1.54) is 32.1 Å². The molecule has 2 heterocycles. The highest BCUT2D eigenvalue weighted by Crippen LogP contribution is 2.60. The van der Waals surface area contributed by atoms with Gasteiger partial charge in [-0.15, -0.1) is 0 Å². The molecule has 152 valence electrons. The van der Waals surface area contributed by atoms with Crippen LogP contribution in [0, 0.1) is 30.1 Å². The SMILES string of the molecule is Cc1cc(N2CCCC2)nc(NCCNC(=O)C23CC4CC(CC(C4)C2)C3)n1. The summed E-state index contributed by atoms with van der Waals surface area (Å²) in [6.07, 6.45) is 9.97. The minimum absolute atomic E-state index is 0.0580. The molecule has 2 N–H and O–H groups in total. The number of carbonyl (C=O) groups excluding carboxylic acids is 1. The van der Waals surface area contributed by atoms with Gasteiger partial charge >= 0.3 is 0 Å². The molecule has 0 radical (unpaired) electrons. The number of nitrogens with one attached hydrogen (secondary N) is 2. The van der Waals surface area contributed by atoms with Gasteiger partial charge in [0.25, 0.3) is 0 Å². The van der Waals surface area contributed by atoms with E-state index in [9.17, 15) is 4.79 Å². The molecule has 6 nitrogen and oxygen atoms in total. The number of anilines is 2. The van der Waals surface area contributed by atoms with Crippen LogP contribution in [-0.4, -0.2) is 42.1 Å². The number of amides is 1. The molecular weight excluding hydrogens is 350 g/mol. The zero-order chi connectivity index (χ0) is 19.1. The molecule has 4 aliphatic carbocycles. The van der Waals surface area contributed by atoms with Gasteiger partial charge in [-0.05, 0) is 76.0 Å². The molecule has 4 saturated carbocycles. The lowest BCUT2D eigenvalue weighted by Gasteiger charge is -2.55. The van der Waals surface area contributed by atoms with Crippen molar-refractivity contribution in [3.8, 4) is 0 Å². The number of aryl methyl sites for hydroxylation is 1. The summed E-state index contributed by atoms with van der Waals surface area (Å²) in [5.74, 6) is 4.41. The minimum Gasteiger partial charge on any atom is -0.356 e. The summed E-state index contributed by atoms with van der Waals surface area (Å²) >= 11 is 0. The van der Waals surface area contributed by atoms with Gasteiger partial charge in [-0.2, -0.15) is 4.98 Å². The molecule has 0 aromatic carbocycles. The van der Waals surface area contributed by atoms with Crippen molar-refractivity contribution < 1.29 is 4.79 Å². The molecule has 0 unspecified atom stereocenters. The molecule has 1 aliphatic heterocycles. The average Bonchev–Trinajstić information content (AvgIpc) is 3.18. The highest BCUT2D eigenvalue weighted by molar-refractivity contribution is 5.83. The summed E-state index contributed by atoms with van der Waals surface area (Å²) in [6, 6.07) is 2.06. The first-order valence-electron chi connectivity index (χ1n) is 11.2. The smallest absolute Gasteiger partial charge is 0.226 e. The Morgan fingerprint density at radius 2 is 1.71 bits per heavy atom. The molecule has 6 rings (SSSR count). The normalized spacial score (nSPS) is 33.3. The molecule has 0 atom stereocenters. The summed E-state index contributed by atoms with van der Waals surface area (Å²) < 4.78 is 0. The van der Waals surface area contributed by atoms with Crippen molar-refractivity contribution >= 4 is 17.7 Å². The third-order valence-corrected chi connectivity index (χ3v) is 7.48. The Bertz CT molecular complexity index is 707. The largest absolute Gasteiger partial charge is 0.356 e. The van der Waals surface area contributed by atoms with Crippen molar-refractivity contribution in [2.45, 2.75) is 58.3 Å². The summed E-state index contributed by atoms with van der Waals surface area (Å²) in [4.78, 5) is 24.5. The third kappa shape index (κ3) is 3.46. The van der Waals surface area contributed by atoms with Gasteiger partial charge in [0.05, 0.1) is 0 Å². The second-order valence-electron chi connectivity index (χ2n) is 9.77. The second-order valence-corrected chi connectivity index (χ2v) is 9.77. The van der Waals surface area contributed by atoms with Crippen LogP contribution >= 0.6 is 0 Å². The van der Waals surface area contributed by atoms with Crippen LogP contribution in [0.4, 0.5) is 11.8 Å². The molecule has 28 heavy (non-hydrogen) atoms. The van der Waals surface area contributed by atoms with Crippen molar-refractivity contribution in [2.75, 3.05) is 36.4 Å². The first-order valence-corrected chi connectivity index (χ1v) is 11.2.